The lowest BCUT2D eigenvalue weighted by molar-refractivity contribution is 1.24. The van der Waals surface area contributed by atoms with Crippen LogP contribution in [0.25, 0.3) is 10.9 Å². The van der Waals surface area contributed by atoms with Gasteiger partial charge in [-0.25, -0.2) is 0 Å². The van der Waals surface area contributed by atoms with E-state index in [2.05, 4.69) is 4.98 Å². The maximum atomic E-state index is 11.3. The van der Waals surface area contributed by atoms with E-state index in [4.69, 9.17) is 5.73 Å². The van der Waals surface area contributed by atoms with Crippen LogP contribution in [0.5, 0.6) is 0 Å². The summed E-state index contributed by atoms with van der Waals surface area (Å²) in [6.45, 7) is 1.72. The largest absolute Gasteiger partial charge is 0.398 e. The van der Waals surface area contributed by atoms with Gasteiger partial charge in [-0.1, -0.05) is 18.2 Å². The van der Waals surface area contributed by atoms with Crippen LogP contribution in [-0.2, 0) is 0 Å². The molecule has 1 heterocycles. The van der Waals surface area contributed by atoms with Crippen molar-refractivity contribution in [3.8, 4) is 0 Å². The monoisotopic (exact) mass is 174 g/mol. The van der Waals surface area contributed by atoms with Crippen molar-refractivity contribution in [2.45, 2.75) is 6.92 Å². The van der Waals surface area contributed by atoms with Gasteiger partial charge in [-0.2, -0.15) is 0 Å². The van der Waals surface area contributed by atoms with Crippen LogP contribution in [0.1, 0.15) is 5.56 Å². The van der Waals surface area contributed by atoms with Gasteiger partial charge >= 0.3 is 0 Å². The molecular formula is C10H10N2O. The molecule has 0 fully saturated rings. The molecule has 0 bridgehead atoms. The summed E-state index contributed by atoms with van der Waals surface area (Å²) in [5, 5.41) is 0.902. The molecule has 13 heavy (non-hydrogen) atoms. The van der Waals surface area contributed by atoms with Gasteiger partial charge in [0.05, 0.1) is 5.52 Å². The lowest BCUT2D eigenvalue weighted by atomic mass is 10.1. The Kier molecular flexibility index (Phi) is 1.59. The summed E-state index contributed by atoms with van der Waals surface area (Å²) in [6, 6.07) is 7.50. The number of aromatic amines is 1. The van der Waals surface area contributed by atoms with Crippen molar-refractivity contribution in [3.63, 3.8) is 0 Å². The molecule has 0 aliphatic carbocycles. The minimum Gasteiger partial charge on any atom is -0.398 e. The van der Waals surface area contributed by atoms with E-state index in [9.17, 15) is 4.79 Å². The number of para-hydroxylation sites is 1. The van der Waals surface area contributed by atoms with E-state index in [-0.39, 0.29) is 5.56 Å². The molecule has 2 rings (SSSR count). The number of anilines is 1. The van der Waals surface area contributed by atoms with Crippen LogP contribution >= 0.6 is 0 Å². The molecule has 3 heteroatoms. The number of nitrogen functional groups attached to an aromatic ring is 1. The maximum Gasteiger partial charge on any atom is 0.253 e. The van der Waals surface area contributed by atoms with Gasteiger partial charge in [0.15, 0.2) is 0 Å². The van der Waals surface area contributed by atoms with E-state index in [1.807, 2.05) is 24.3 Å². The minimum atomic E-state index is -0.115. The Morgan fingerprint density at radius 2 is 2.00 bits per heavy atom. The SMILES string of the molecule is Cc1c(N)c2ccccc2[nH]c1=O. The number of nitrogens with two attached hydrogens (primary N) is 1. The Bertz CT molecular complexity index is 514. The molecule has 3 N–H and O–H groups in total. The van der Waals surface area contributed by atoms with Crippen LogP contribution in [0.15, 0.2) is 29.1 Å². The van der Waals surface area contributed by atoms with Gasteiger partial charge in [0.2, 0.25) is 0 Å². The van der Waals surface area contributed by atoms with Crippen molar-refractivity contribution in [1.29, 1.82) is 0 Å². The molecule has 0 atom stereocenters. The standard InChI is InChI=1S/C10H10N2O/c1-6-9(11)7-4-2-3-5-8(7)12-10(6)13/h2-5H,1H3,(H3,11,12,13). The first kappa shape index (κ1) is 7.86. The summed E-state index contributed by atoms with van der Waals surface area (Å²) in [5.41, 5.74) is 7.62. The molecule has 0 aliphatic rings. The first-order valence-corrected chi connectivity index (χ1v) is 4.07. The van der Waals surface area contributed by atoms with E-state index >= 15 is 0 Å². The second kappa shape index (κ2) is 2.62. The Morgan fingerprint density at radius 1 is 1.31 bits per heavy atom. The predicted octanol–water partition coefficient (Wildman–Crippen LogP) is 1.42. The van der Waals surface area contributed by atoms with Crippen molar-refractivity contribution < 1.29 is 0 Å². The zero-order chi connectivity index (χ0) is 9.42. The number of pyridine rings is 1. The zero-order valence-corrected chi connectivity index (χ0v) is 7.29. The van der Waals surface area contributed by atoms with Gasteiger partial charge in [-0.3, -0.25) is 4.79 Å². The number of hydrogen-bond donors (Lipinski definition) is 2. The van der Waals surface area contributed by atoms with Crippen LogP contribution < -0.4 is 11.3 Å². The van der Waals surface area contributed by atoms with Crippen molar-refractivity contribution in [1.82, 2.24) is 4.98 Å². The van der Waals surface area contributed by atoms with E-state index in [0.29, 0.717) is 11.3 Å². The highest BCUT2D eigenvalue weighted by Gasteiger charge is 2.03. The molecule has 0 spiro atoms. The molecule has 0 saturated carbocycles. The van der Waals surface area contributed by atoms with Crippen molar-refractivity contribution >= 4 is 16.6 Å². The summed E-state index contributed by atoms with van der Waals surface area (Å²) >= 11 is 0. The molecule has 0 amide bonds. The summed E-state index contributed by atoms with van der Waals surface area (Å²) in [7, 11) is 0. The fraction of sp³-hybridized carbons (Fsp3) is 0.100. The molecule has 66 valence electrons. The van der Waals surface area contributed by atoms with E-state index in [0.717, 1.165) is 10.9 Å². The van der Waals surface area contributed by atoms with Crippen molar-refractivity contribution in [3.05, 3.63) is 40.2 Å². The summed E-state index contributed by atoms with van der Waals surface area (Å²) < 4.78 is 0. The fourth-order valence-corrected chi connectivity index (χ4v) is 1.37. The third-order valence-electron chi connectivity index (χ3n) is 2.21. The molecule has 0 radical (unpaired) electrons. The molecule has 2 aromatic rings. The van der Waals surface area contributed by atoms with Gasteiger partial charge in [-0.15, -0.1) is 0 Å². The number of H-pyrrole nitrogens is 1. The second-order valence-corrected chi connectivity index (χ2v) is 3.04. The number of aromatic nitrogens is 1. The highest BCUT2D eigenvalue weighted by atomic mass is 16.1. The van der Waals surface area contributed by atoms with Gasteiger partial charge in [-0.05, 0) is 13.0 Å². The molecular weight excluding hydrogens is 164 g/mol. The van der Waals surface area contributed by atoms with Crippen molar-refractivity contribution in [2.75, 3.05) is 5.73 Å². The minimum absolute atomic E-state index is 0.115. The Morgan fingerprint density at radius 3 is 2.77 bits per heavy atom. The Hall–Kier alpha value is -1.77. The quantitative estimate of drug-likeness (QED) is 0.634. The summed E-state index contributed by atoms with van der Waals surface area (Å²) in [6.07, 6.45) is 0. The molecule has 0 aliphatic heterocycles. The zero-order valence-electron chi connectivity index (χ0n) is 7.29. The van der Waals surface area contributed by atoms with Gasteiger partial charge in [0, 0.05) is 16.6 Å². The number of fused-ring (bicyclic) bond motifs is 1. The van der Waals surface area contributed by atoms with Crippen molar-refractivity contribution in [2.24, 2.45) is 0 Å². The normalized spacial score (nSPS) is 10.5. The second-order valence-electron chi connectivity index (χ2n) is 3.04. The van der Waals surface area contributed by atoms with E-state index in [1.54, 1.807) is 6.92 Å². The maximum absolute atomic E-state index is 11.3. The van der Waals surface area contributed by atoms with Gasteiger partial charge in [0.1, 0.15) is 0 Å². The van der Waals surface area contributed by atoms with Crippen LogP contribution in [0, 0.1) is 6.92 Å². The van der Waals surface area contributed by atoms with Crippen LogP contribution in [0.4, 0.5) is 5.69 Å². The average molecular weight is 174 g/mol. The highest BCUT2D eigenvalue weighted by Crippen LogP contribution is 2.18. The lowest BCUT2D eigenvalue weighted by Gasteiger charge is -2.03. The number of rotatable bonds is 0. The third-order valence-corrected chi connectivity index (χ3v) is 2.21. The fourth-order valence-electron chi connectivity index (χ4n) is 1.37. The first-order valence-electron chi connectivity index (χ1n) is 4.07. The Balaban J connectivity index is 3.02. The van der Waals surface area contributed by atoms with E-state index < -0.39 is 0 Å². The molecule has 3 nitrogen and oxygen atoms in total. The smallest absolute Gasteiger partial charge is 0.253 e. The summed E-state index contributed by atoms with van der Waals surface area (Å²) in [4.78, 5) is 14.1. The van der Waals surface area contributed by atoms with Gasteiger partial charge in [0.25, 0.3) is 5.56 Å². The molecule has 0 saturated heterocycles. The highest BCUT2D eigenvalue weighted by molar-refractivity contribution is 5.91. The van der Waals surface area contributed by atoms with Gasteiger partial charge < -0.3 is 10.7 Å². The first-order chi connectivity index (χ1) is 6.20. The van der Waals surface area contributed by atoms with E-state index in [1.165, 1.54) is 0 Å². The third kappa shape index (κ3) is 1.09. The Labute approximate surface area is 75.2 Å². The number of nitrogens with one attached hydrogen (secondary N) is 1. The lowest BCUT2D eigenvalue weighted by Crippen LogP contribution is -2.12. The topological polar surface area (TPSA) is 58.9 Å². The molecule has 0 unspecified atom stereocenters. The van der Waals surface area contributed by atoms with Crippen LogP contribution in [-0.4, -0.2) is 4.98 Å². The molecule has 1 aromatic heterocycles. The number of benzene rings is 1. The summed E-state index contributed by atoms with van der Waals surface area (Å²) in [5.74, 6) is 0. The van der Waals surface area contributed by atoms with Crippen LogP contribution in [0.3, 0.4) is 0 Å². The average Bonchev–Trinajstić information content (AvgIpc) is 2.15. The predicted molar refractivity (Wildman–Crippen MR) is 53.7 cm³/mol. The molecule has 1 aromatic carbocycles. The number of hydrogen-bond acceptors (Lipinski definition) is 2. The van der Waals surface area contributed by atoms with Crippen LogP contribution in [0.2, 0.25) is 0 Å².